The number of nitrogens with zero attached hydrogens (tertiary/aromatic N) is 3. The molecule has 8 nitrogen and oxygen atoms in total. The van der Waals surface area contributed by atoms with Gasteiger partial charge in [0.05, 0.1) is 23.9 Å². The van der Waals surface area contributed by atoms with Gasteiger partial charge in [0.15, 0.2) is 5.82 Å². The molecule has 0 spiro atoms. The minimum atomic E-state index is -0.690. The van der Waals surface area contributed by atoms with E-state index in [0.717, 1.165) is 5.56 Å². The van der Waals surface area contributed by atoms with Crippen LogP contribution in [-0.2, 0) is 10.2 Å². The van der Waals surface area contributed by atoms with Crippen LogP contribution >= 0.6 is 0 Å². The average molecular weight is 439 g/mol. The Morgan fingerprint density at radius 3 is 2.70 bits per heavy atom. The number of imidazole rings is 1. The Bertz CT molecular complexity index is 1380. The second-order valence-corrected chi connectivity index (χ2v) is 7.92. The predicted molar refractivity (Wildman–Crippen MR) is 124 cm³/mol. The first-order valence-corrected chi connectivity index (χ1v) is 10.2. The molecule has 0 aliphatic carbocycles. The SMILES string of the molecule is CC(C)(C#N)c1cccc(C(=O)Nc2cccc(Oc3ccc4nc(NC=O)cn4c3)c2)c1. The molecule has 0 fully saturated rings. The van der Waals surface area contributed by atoms with E-state index in [9.17, 15) is 14.9 Å². The molecule has 2 aromatic carbocycles. The average Bonchev–Trinajstić information content (AvgIpc) is 3.21. The minimum absolute atomic E-state index is 0.280. The number of nitrogens with one attached hydrogen (secondary N) is 2. The highest BCUT2D eigenvalue weighted by atomic mass is 16.5. The Hall–Kier alpha value is -4.64. The Morgan fingerprint density at radius 2 is 1.91 bits per heavy atom. The van der Waals surface area contributed by atoms with Gasteiger partial charge in [-0.25, -0.2) is 4.98 Å². The van der Waals surface area contributed by atoms with E-state index in [1.807, 2.05) is 19.9 Å². The second kappa shape index (κ2) is 8.85. The highest BCUT2D eigenvalue weighted by molar-refractivity contribution is 6.04. The quantitative estimate of drug-likeness (QED) is 0.404. The number of ether oxygens (including phenoxy) is 1. The number of rotatable bonds is 7. The number of amides is 2. The summed E-state index contributed by atoms with van der Waals surface area (Å²) in [6, 6.07) is 19.9. The number of fused-ring (bicyclic) bond motifs is 1. The van der Waals surface area contributed by atoms with E-state index in [2.05, 4.69) is 21.7 Å². The summed E-state index contributed by atoms with van der Waals surface area (Å²) in [5.74, 6) is 1.26. The Balaban J connectivity index is 1.50. The molecule has 0 unspecified atom stereocenters. The van der Waals surface area contributed by atoms with Crippen molar-refractivity contribution >= 4 is 29.5 Å². The fraction of sp³-hybridized carbons (Fsp3) is 0.120. The predicted octanol–water partition coefficient (Wildman–Crippen LogP) is 4.75. The summed E-state index contributed by atoms with van der Waals surface area (Å²) in [5, 5.41) is 14.7. The van der Waals surface area contributed by atoms with Crippen LogP contribution < -0.4 is 15.4 Å². The van der Waals surface area contributed by atoms with Crippen LogP contribution in [0.25, 0.3) is 5.65 Å². The standard InChI is InChI=1S/C25H21N5O3/c1-25(2,15-26)18-6-3-5-17(11-18)24(32)28-19-7-4-8-20(12-19)33-21-9-10-23-29-22(27-16-31)14-30(23)13-21/h3-14,16H,1-2H3,(H,27,31)(H,28,32). The first-order chi connectivity index (χ1) is 15.9. The fourth-order valence-electron chi connectivity index (χ4n) is 3.25. The number of aromatic nitrogens is 2. The van der Waals surface area contributed by atoms with Gasteiger partial charge in [0.1, 0.15) is 17.1 Å². The normalized spacial score (nSPS) is 10.9. The Morgan fingerprint density at radius 1 is 1.09 bits per heavy atom. The van der Waals surface area contributed by atoms with Gasteiger partial charge in [0.25, 0.3) is 5.91 Å². The lowest BCUT2D eigenvalue weighted by atomic mass is 9.85. The van der Waals surface area contributed by atoms with Crippen LogP contribution in [0.15, 0.2) is 73.1 Å². The molecule has 0 atom stereocenters. The summed E-state index contributed by atoms with van der Waals surface area (Å²) in [6.07, 6.45) is 3.99. The van der Waals surface area contributed by atoms with Crippen molar-refractivity contribution in [1.82, 2.24) is 9.38 Å². The van der Waals surface area contributed by atoms with E-state index in [1.165, 1.54) is 0 Å². The van der Waals surface area contributed by atoms with Crippen LogP contribution in [0.1, 0.15) is 29.8 Å². The molecular weight excluding hydrogens is 418 g/mol. The Labute approximate surface area is 190 Å². The van der Waals surface area contributed by atoms with Crippen molar-refractivity contribution in [2.45, 2.75) is 19.3 Å². The Kier molecular flexibility index (Phi) is 5.79. The molecule has 0 aliphatic rings. The van der Waals surface area contributed by atoms with E-state index >= 15 is 0 Å². The number of carbonyl (C=O) groups excluding carboxylic acids is 2. The number of anilines is 2. The third-order valence-corrected chi connectivity index (χ3v) is 5.08. The van der Waals surface area contributed by atoms with Crippen LogP contribution in [0.3, 0.4) is 0 Å². The molecule has 0 bridgehead atoms. The third kappa shape index (κ3) is 4.83. The molecule has 0 saturated heterocycles. The number of nitriles is 1. The third-order valence-electron chi connectivity index (χ3n) is 5.08. The highest BCUT2D eigenvalue weighted by Crippen LogP contribution is 2.26. The van der Waals surface area contributed by atoms with Gasteiger partial charge >= 0.3 is 0 Å². The molecule has 8 heteroatoms. The van der Waals surface area contributed by atoms with Crippen molar-refractivity contribution in [3.05, 3.63) is 84.2 Å². The summed E-state index contributed by atoms with van der Waals surface area (Å²) in [4.78, 5) is 27.6. The molecule has 2 amide bonds. The second-order valence-electron chi connectivity index (χ2n) is 7.92. The molecule has 2 N–H and O–H groups in total. The summed E-state index contributed by atoms with van der Waals surface area (Å²) < 4.78 is 7.67. The van der Waals surface area contributed by atoms with Crippen LogP contribution in [0.4, 0.5) is 11.5 Å². The number of carbonyl (C=O) groups is 2. The molecule has 33 heavy (non-hydrogen) atoms. The molecule has 4 rings (SSSR count). The molecule has 2 heterocycles. The van der Waals surface area contributed by atoms with Crippen LogP contribution in [0.2, 0.25) is 0 Å². The number of pyridine rings is 1. The first kappa shape index (κ1) is 21.6. The van der Waals surface area contributed by atoms with E-state index in [4.69, 9.17) is 4.74 Å². The molecule has 164 valence electrons. The fourth-order valence-corrected chi connectivity index (χ4v) is 3.25. The lowest BCUT2D eigenvalue weighted by Gasteiger charge is -2.16. The highest BCUT2D eigenvalue weighted by Gasteiger charge is 2.21. The zero-order valence-corrected chi connectivity index (χ0v) is 18.1. The van der Waals surface area contributed by atoms with Gasteiger partial charge in [-0.3, -0.25) is 9.59 Å². The molecule has 4 aromatic rings. The van der Waals surface area contributed by atoms with Crippen LogP contribution in [0.5, 0.6) is 11.5 Å². The summed E-state index contributed by atoms with van der Waals surface area (Å²) in [6.45, 7) is 3.62. The van der Waals surface area contributed by atoms with E-state index in [-0.39, 0.29) is 5.91 Å². The van der Waals surface area contributed by atoms with Gasteiger partial charge in [0.2, 0.25) is 6.41 Å². The van der Waals surface area contributed by atoms with Crippen molar-refractivity contribution in [1.29, 1.82) is 5.26 Å². The van der Waals surface area contributed by atoms with Gasteiger partial charge < -0.3 is 19.8 Å². The summed E-state index contributed by atoms with van der Waals surface area (Å²) in [5.41, 5.74) is 1.78. The smallest absolute Gasteiger partial charge is 0.255 e. The van der Waals surface area contributed by atoms with Crippen molar-refractivity contribution in [2.75, 3.05) is 10.6 Å². The maximum absolute atomic E-state index is 12.8. The lowest BCUT2D eigenvalue weighted by molar-refractivity contribution is -0.105. The van der Waals surface area contributed by atoms with Crippen molar-refractivity contribution in [3.63, 3.8) is 0 Å². The van der Waals surface area contributed by atoms with E-state index in [0.29, 0.717) is 40.6 Å². The largest absolute Gasteiger partial charge is 0.456 e. The summed E-state index contributed by atoms with van der Waals surface area (Å²) >= 11 is 0. The molecule has 0 aliphatic heterocycles. The van der Waals surface area contributed by atoms with Gasteiger partial charge in [-0.05, 0) is 55.8 Å². The van der Waals surface area contributed by atoms with Gasteiger partial charge in [-0.15, -0.1) is 0 Å². The van der Waals surface area contributed by atoms with Gasteiger partial charge in [-0.1, -0.05) is 18.2 Å². The van der Waals surface area contributed by atoms with E-state index in [1.54, 1.807) is 71.4 Å². The van der Waals surface area contributed by atoms with Crippen molar-refractivity contribution in [3.8, 4) is 17.6 Å². The van der Waals surface area contributed by atoms with Crippen molar-refractivity contribution in [2.24, 2.45) is 0 Å². The lowest BCUT2D eigenvalue weighted by Crippen LogP contribution is -2.17. The number of benzene rings is 2. The molecule has 2 aromatic heterocycles. The van der Waals surface area contributed by atoms with E-state index < -0.39 is 5.41 Å². The van der Waals surface area contributed by atoms with Gasteiger partial charge in [-0.2, -0.15) is 5.26 Å². The monoisotopic (exact) mass is 439 g/mol. The maximum atomic E-state index is 12.8. The maximum Gasteiger partial charge on any atom is 0.255 e. The molecule has 0 saturated carbocycles. The zero-order valence-electron chi connectivity index (χ0n) is 18.1. The van der Waals surface area contributed by atoms with Crippen molar-refractivity contribution < 1.29 is 14.3 Å². The summed E-state index contributed by atoms with van der Waals surface area (Å²) in [7, 11) is 0. The number of hydrogen-bond donors (Lipinski definition) is 2. The van der Waals surface area contributed by atoms with Crippen LogP contribution in [0, 0.1) is 11.3 Å². The first-order valence-electron chi connectivity index (χ1n) is 10.2. The zero-order chi connectivity index (χ0) is 23.4. The molecule has 0 radical (unpaired) electrons. The minimum Gasteiger partial charge on any atom is -0.456 e. The number of hydrogen-bond acceptors (Lipinski definition) is 5. The van der Waals surface area contributed by atoms with Gasteiger partial charge in [0, 0.05) is 17.3 Å². The van der Waals surface area contributed by atoms with Crippen LogP contribution in [-0.4, -0.2) is 21.7 Å². The topological polar surface area (TPSA) is 109 Å². The molecular formula is C25H21N5O3.